The van der Waals surface area contributed by atoms with Crippen molar-refractivity contribution in [2.45, 2.75) is 47.1 Å². The minimum Gasteiger partial charge on any atom is -0.338 e. The molecule has 0 aliphatic carbocycles. The molecule has 1 atom stereocenters. The number of hydrogen-bond donors (Lipinski definition) is 1. The second-order valence-corrected chi connectivity index (χ2v) is 5.49. The van der Waals surface area contributed by atoms with E-state index in [2.05, 4.69) is 44.8 Å². The van der Waals surface area contributed by atoms with Gasteiger partial charge in [-0.25, -0.2) is 0 Å². The maximum absolute atomic E-state index is 6.02. The van der Waals surface area contributed by atoms with E-state index in [4.69, 9.17) is 10.3 Å². The van der Waals surface area contributed by atoms with Gasteiger partial charge < -0.3 is 10.3 Å². The molecule has 1 rings (SSSR count). The first-order valence-corrected chi connectivity index (χ1v) is 5.38. The lowest BCUT2D eigenvalue weighted by Crippen LogP contribution is -2.26. The first-order valence-electron chi connectivity index (χ1n) is 5.38. The first-order chi connectivity index (χ1) is 6.80. The standard InChI is InChI=1S/C11H21N3O/c1-7(2)6-8-13-10(15-14-8)9(12)11(3,4)5/h7,9H,6,12H2,1-5H3/t9-/m1/s1. The average molecular weight is 211 g/mol. The Morgan fingerprint density at radius 3 is 2.40 bits per heavy atom. The number of aromatic nitrogens is 2. The third kappa shape index (κ3) is 3.30. The first kappa shape index (κ1) is 12.2. The molecule has 0 bridgehead atoms. The van der Waals surface area contributed by atoms with Crippen molar-refractivity contribution in [1.82, 2.24) is 10.1 Å². The van der Waals surface area contributed by atoms with Crippen LogP contribution in [0.4, 0.5) is 0 Å². The van der Waals surface area contributed by atoms with Crippen LogP contribution in [-0.4, -0.2) is 10.1 Å². The van der Waals surface area contributed by atoms with Crippen LogP contribution in [0.25, 0.3) is 0 Å². The SMILES string of the molecule is CC(C)Cc1noc([C@@H](N)C(C)(C)C)n1. The predicted octanol–water partition coefficient (Wildman–Crippen LogP) is 2.31. The van der Waals surface area contributed by atoms with E-state index < -0.39 is 0 Å². The molecular formula is C11H21N3O. The summed E-state index contributed by atoms with van der Waals surface area (Å²) < 4.78 is 5.17. The summed E-state index contributed by atoms with van der Waals surface area (Å²) in [6.07, 6.45) is 0.834. The lowest BCUT2D eigenvalue weighted by molar-refractivity contribution is 0.252. The summed E-state index contributed by atoms with van der Waals surface area (Å²) in [4.78, 5) is 4.31. The topological polar surface area (TPSA) is 64.9 Å². The highest BCUT2D eigenvalue weighted by atomic mass is 16.5. The van der Waals surface area contributed by atoms with Crippen LogP contribution in [0.3, 0.4) is 0 Å². The Balaban J connectivity index is 2.76. The molecule has 0 fully saturated rings. The van der Waals surface area contributed by atoms with Crippen molar-refractivity contribution in [2.24, 2.45) is 17.1 Å². The van der Waals surface area contributed by atoms with Crippen molar-refractivity contribution in [3.05, 3.63) is 11.7 Å². The maximum Gasteiger partial charge on any atom is 0.244 e. The monoisotopic (exact) mass is 211 g/mol. The van der Waals surface area contributed by atoms with E-state index in [0.29, 0.717) is 11.8 Å². The van der Waals surface area contributed by atoms with Crippen molar-refractivity contribution >= 4 is 0 Å². The van der Waals surface area contributed by atoms with Crippen LogP contribution in [-0.2, 0) is 6.42 Å². The number of rotatable bonds is 3. The van der Waals surface area contributed by atoms with Gasteiger partial charge in [0.25, 0.3) is 0 Å². The molecule has 1 heterocycles. The van der Waals surface area contributed by atoms with Gasteiger partial charge in [0.15, 0.2) is 5.82 Å². The zero-order valence-electron chi connectivity index (χ0n) is 10.2. The highest BCUT2D eigenvalue weighted by Gasteiger charge is 2.27. The van der Waals surface area contributed by atoms with Crippen LogP contribution in [0.5, 0.6) is 0 Å². The molecule has 86 valence electrons. The van der Waals surface area contributed by atoms with Crippen molar-refractivity contribution in [3.8, 4) is 0 Å². The van der Waals surface area contributed by atoms with E-state index >= 15 is 0 Å². The maximum atomic E-state index is 6.02. The predicted molar refractivity (Wildman–Crippen MR) is 59.2 cm³/mol. The largest absolute Gasteiger partial charge is 0.338 e. The van der Waals surface area contributed by atoms with Gasteiger partial charge in [-0.1, -0.05) is 39.8 Å². The molecule has 2 N–H and O–H groups in total. The average Bonchev–Trinajstić information content (AvgIpc) is 2.48. The van der Waals surface area contributed by atoms with Gasteiger partial charge in [0.2, 0.25) is 5.89 Å². The fourth-order valence-electron chi connectivity index (χ4n) is 1.21. The van der Waals surface area contributed by atoms with Gasteiger partial charge in [-0.2, -0.15) is 4.98 Å². The third-order valence-corrected chi connectivity index (χ3v) is 2.27. The van der Waals surface area contributed by atoms with Crippen LogP contribution in [0.15, 0.2) is 4.52 Å². The van der Waals surface area contributed by atoms with Crippen molar-refractivity contribution in [3.63, 3.8) is 0 Å². The summed E-state index contributed by atoms with van der Waals surface area (Å²) in [6.45, 7) is 10.4. The molecule has 0 spiro atoms. The smallest absolute Gasteiger partial charge is 0.244 e. The molecule has 0 radical (unpaired) electrons. The molecule has 0 saturated carbocycles. The summed E-state index contributed by atoms with van der Waals surface area (Å²) in [5.74, 6) is 1.82. The molecule has 15 heavy (non-hydrogen) atoms. The molecule has 0 saturated heterocycles. The van der Waals surface area contributed by atoms with Crippen LogP contribution in [0.2, 0.25) is 0 Å². The van der Waals surface area contributed by atoms with E-state index in [1.165, 1.54) is 0 Å². The molecule has 0 amide bonds. The Morgan fingerprint density at radius 1 is 1.33 bits per heavy atom. The summed E-state index contributed by atoms with van der Waals surface area (Å²) in [5.41, 5.74) is 5.97. The molecular weight excluding hydrogens is 190 g/mol. The molecule has 1 aromatic rings. The number of nitrogens with two attached hydrogens (primary N) is 1. The minimum atomic E-state index is -0.203. The minimum absolute atomic E-state index is 0.0539. The number of hydrogen-bond acceptors (Lipinski definition) is 4. The van der Waals surface area contributed by atoms with Crippen LogP contribution in [0.1, 0.15) is 52.4 Å². The summed E-state index contributed by atoms with van der Waals surface area (Å²) in [6, 6.07) is -0.203. The van der Waals surface area contributed by atoms with E-state index in [9.17, 15) is 0 Å². The zero-order chi connectivity index (χ0) is 11.6. The van der Waals surface area contributed by atoms with Crippen molar-refractivity contribution in [1.29, 1.82) is 0 Å². The Labute approximate surface area is 91.2 Å². The Bertz CT molecular complexity index is 312. The molecule has 1 aromatic heterocycles. The molecule has 0 aliphatic heterocycles. The fourth-order valence-corrected chi connectivity index (χ4v) is 1.21. The Hall–Kier alpha value is -0.900. The summed E-state index contributed by atoms with van der Waals surface area (Å²) in [7, 11) is 0. The molecule has 0 aliphatic rings. The van der Waals surface area contributed by atoms with Crippen LogP contribution < -0.4 is 5.73 Å². The van der Waals surface area contributed by atoms with Crippen LogP contribution >= 0.6 is 0 Å². The van der Waals surface area contributed by atoms with Gasteiger partial charge in [-0.3, -0.25) is 0 Å². The summed E-state index contributed by atoms with van der Waals surface area (Å²) in [5, 5.41) is 3.92. The van der Waals surface area contributed by atoms with Gasteiger partial charge in [0.05, 0.1) is 6.04 Å². The van der Waals surface area contributed by atoms with E-state index in [1.807, 2.05) is 0 Å². The zero-order valence-corrected chi connectivity index (χ0v) is 10.2. The van der Waals surface area contributed by atoms with Gasteiger partial charge in [-0.15, -0.1) is 0 Å². The molecule has 0 unspecified atom stereocenters. The van der Waals surface area contributed by atoms with Gasteiger partial charge >= 0.3 is 0 Å². The second kappa shape index (κ2) is 4.31. The van der Waals surface area contributed by atoms with Gasteiger partial charge in [0.1, 0.15) is 0 Å². The van der Waals surface area contributed by atoms with Crippen molar-refractivity contribution in [2.75, 3.05) is 0 Å². The normalized spacial score (nSPS) is 14.6. The van der Waals surface area contributed by atoms with Gasteiger partial charge in [-0.05, 0) is 11.3 Å². The van der Waals surface area contributed by atoms with Crippen LogP contribution in [0, 0.1) is 11.3 Å². The summed E-state index contributed by atoms with van der Waals surface area (Å²) >= 11 is 0. The lowest BCUT2D eigenvalue weighted by Gasteiger charge is -2.23. The van der Waals surface area contributed by atoms with E-state index in [-0.39, 0.29) is 11.5 Å². The highest BCUT2D eigenvalue weighted by Crippen LogP contribution is 2.29. The van der Waals surface area contributed by atoms with Crippen molar-refractivity contribution < 1.29 is 4.52 Å². The second-order valence-electron chi connectivity index (χ2n) is 5.49. The molecule has 4 heteroatoms. The Kier molecular flexibility index (Phi) is 3.50. The Morgan fingerprint density at radius 2 is 1.93 bits per heavy atom. The van der Waals surface area contributed by atoms with Gasteiger partial charge in [0, 0.05) is 6.42 Å². The quantitative estimate of drug-likeness (QED) is 0.833. The highest BCUT2D eigenvalue weighted by molar-refractivity contribution is 4.96. The fraction of sp³-hybridized carbons (Fsp3) is 0.818. The molecule has 4 nitrogen and oxygen atoms in total. The number of nitrogens with zero attached hydrogens (tertiary/aromatic N) is 2. The van der Waals surface area contributed by atoms with E-state index in [1.54, 1.807) is 0 Å². The lowest BCUT2D eigenvalue weighted by atomic mass is 9.87. The molecule has 0 aromatic carbocycles. The third-order valence-electron chi connectivity index (χ3n) is 2.27. The van der Waals surface area contributed by atoms with E-state index in [0.717, 1.165) is 12.2 Å².